The van der Waals surface area contributed by atoms with E-state index >= 15 is 0 Å². The molecule has 0 aromatic heterocycles. The number of methoxy groups -OCH3 is 1. The van der Waals surface area contributed by atoms with Crippen LogP contribution in [0.5, 0.6) is 11.5 Å². The van der Waals surface area contributed by atoms with E-state index in [9.17, 15) is 18.3 Å². The molecule has 3 nitrogen and oxygen atoms in total. The van der Waals surface area contributed by atoms with Crippen LogP contribution in [0, 0.1) is 0 Å². The fourth-order valence-corrected chi connectivity index (χ4v) is 1.82. The number of halogens is 3. The summed E-state index contributed by atoms with van der Waals surface area (Å²) in [6, 6.07) is 4.81. The first-order valence-electron chi connectivity index (χ1n) is 5.53. The van der Waals surface area contributed by atoms with Gasteiger partial charge in [-0.2, -0.15) is 13.2 Å². The molecule has 1 aromatic carbocycles. The van der Waals surface area contributed by atoms with Gasteiger partial charge in [-0.3, -0.25) is 0 Å². The Morgan fingerprint density at radius 3 is 2.58 bits per heavy atom. The largest absolute Gasteiger partial charge is 0.497 e. The molecule has 1 rings (SSSR count). The zero-order valence-electron chi connectivity index (χ0n) is 10.5. The summed E-state index contributed by atoms with van der Waals surface area (Å²) >= 11 is -0.142. The van der Waals surface area contributed by atoms with Crippen LogP contribution >= 0.6 is 11.8 Å². The van der Waals surface area contributed by atoms with E-state index in [1.165, 1.54) is 7.11 Å². The Kier molecular flexibility index (Phi) is 5.81. The Balaban J connectivity index is 2.65. The molecule has 0 unspecified atom stereocenters. The number of rotatable bonds is 6. The highest BCUT2D eigenvalue weighted by Gasteiger charge is 2.27. The van der Waals surface area contributed by atoms with Crippen LogP contribution in [0.15, 0.2) is 18.2 Å². The number of benzene rings is 1. The first kappa shape index (κ1) is 16.0. The van der Waals surface area contributed by atoms with E-state index in [1.54, 1.807) is 25.1 Å². The predicted octanol–water partition coefficient (Wildman–Crippen LogP) is 3.38. The van der Waals surface area contributed by atoms with Gasteiger partial charge in [-0.1, -0.05) is 0 Å². The molecular weight excluding hydrogens is 281 g/mol. The van der Waals surface area contributed by atoms with Crippen molar-refractivity contribution in [3.05, 3.63) is 23.8 Å². The van der Waals surface area contributed by atoms with Crippen LogP contribution in [0.4, 0.5) is 13.2 Å². The first-order valence-corrected chi connectivity index (χ1v) is 6.51. The van der Waals surface area contributed by atoms with E-state index in [4.69, 9.17) is 9.47 Å². The van der Waals surface area contributed by atoms with Gasteiger partial charge in [-0.25, -0.2) is 0 Å². The molecule has 0 aliphatic rings. The number of aliphatic hydroxyl groups is 1. The van der Waals surface area contributed by atoms with Gasteiger partial charge in [0.15, 0.2) is 0 Å². The lowest BCUT2D eigenvalue weighted by molar-refractivity contribution is -0.0329. The monoisotopic (exact) mass is 296 g/mol. The fraction of sp³-hybridized carbons (Fsp3) is 0.500. The molecule has 108 valence electrons. The lowest BCUT2D eigenvalue weighted by atomic mass is 10.1. The summed E-state index contributed by atoms with van der Waals surface area (Å²) in [5.41, 5.74) is -3.75. The van der Waals surface area contributed by atoms with Gasteiger partial charge in [-0.05, 0) is 30.8 Å². The number of alkyl halides is 3. The Morgan fingerprint density at radius 1 is 1.37 bits per heavy atom. The highest BCUT2D eigenvalue weighted by atomic mass is 32.2. The SMILES string of the molecule is COc1ccc([C@@H](C)O)c(OCCSC(F)(F)F)c1. The zero-order chi connectivity index (χ0) is 14.5. The molecule has 0 saturated heterocycles. The lowest BCUT2D eigenvalue weighted by Crippen LogP contribution is -2.09. The number of ether oxygens (including phenoxy) is 2. The van der Waals surface area contributed by atoms with Crippen LogP contribution in [0.2, 0.25) is 0 Å². The minimum atomic E-state index is -4.26. The molecule has 1 N–H and O–H groups in total. The van der Waals surface area contributed by atoms with Crippen LogP contribution in [-0.4, -0.2) is 30.1 Å². The number of hydrogen-bond donors (Lipinski definition) is 1. The van der Waals surface area contributed by atoms with E-state index < -0.39 is 11.6 Å². The highest BCUT2D eigenvalue weighted by molar-refractivity contribution is 8.00. The molecule has 0 bridgehead atoms. The van der Waals surface area contributed by atoms with Gasteiger partial charge >= 0.3 is 5.51 Å². The van der Waals surface area contributed by atoms with Crippen molar-refractivity contribution in [1.29, 1.82) is 0 Å². The van der Waals surface area contributed by atoms with Crippen molar-refractivity contribution in [2.45, 2.75) is 18.5 Å². The third-order valence-electron chi connectivity index (χ3n) is 2.28. The van der Waals surface area contributed by atoms with Crippen molar-refractivity contribution in [3.8, 4) is 11.5 Å². The molecule has 0 aliphatic carbocycles. The van der Waals surface area contributed by atoms with Crippen LogP contribution in [-0.2, 0) is 0 Å². The summed E-state index contributed by atoms with van der Waals surface area (Å²) in [4.78, 5) is 0. The topological polar surface area (TPSA) is 38.7 Å². The van der Waals surface area contributed by atoms with E-state index in [1.807, 2.05) is 0 Å². The average molecular weight is 296 g/mol. The van der Waals surface area contributed by atoms with Crippen molar-refractivity contribution in [2.24, 2.45) is 0 Å². The summed E-state index contributed by atoms with van der Waals surface area (Å²) < 4.78 is 46.1. The van der Waals surface area contributed by atoms with Gasteiger partial charge in [0, 0.05) is 17.4 Å². The average Bonchev–Trinajstić information content (AvgIpc) is 2.33. The van der Waals surface area contributed by atoms with Crippen LogP contribution in [0.1, 0.15) is 18.6 Å². The minimum Gasteiger partial charge on any atom is -0.497 e. The Bertz CT molecular complexity index is 408. The summed E-state index contributed by atoms with van der Waals surface area (Å²) in [5, 5.41) is 9.55. The maximum atomic E-state index is 12.0. The molecule has 0 fully saturated rings. The van der Waals surface area contributed by atoms with E-state index in [0.717, 1.165) is 0 Å². The maximum Gasteiger partial charge on any atom is 0.441 e. The fourth-order valence-electron chi connectivity index (χ4n) is 1.42. The second kappa shape index (κ2) is 6.91. The second-order valence-corrected chi connectivity index (χ2v) is 4.88. The molecule has 0 heterocycles. The quantitative estimate of drug-likeness (QED) is 0.817. The maximum absolute atomic E-state index is 12.0. The Hall–Kier alpha value is -1.08. The van der Waals surface area contributed by atoms with Crippen LogP contribution in [0.3, 0.4) is 0 Å². The van der Waals surface area contributed by atoms with Gasteiger partial charge in [0.1, 0.15) is 11.5 Å². The lowest BCUT2D eigenvalue weighted by Gasteiger charge is -2.15. The molecule has 0 spiro atoms. The van der Waals surface area contributed by atoms with E-state index in [0.29, 0.717) is 17.1 Å². The number of thioether (sulfide) groups is 1. The third-order valence-corrected chi connectivity index (χ3v) is 2.98. The predicted molar refractivity (Wildman–Crippen MR) is 67.6 cm³/mol. The van der Waals surface area contributed by atoms with Crippen LogP contribution in [0.25, 0.3) is 0 Å². The number of hydrogen-bond acceptors (Lipinski definition) is 4. The normalized spacial score (nSPS) is 13.2. The Labute approximate surface area is 113 Å². The molecule has 7 heteroatoms. The van der Waals surface area contributed by atoms with Gasteiger partial charge in [0.25, 0.3) is 0 Å². The van der Waals surface area contributed by atoms with Crippen molar-refractivity contribution in [3.63, 3.8) is 0 Å². The smallest absolute Gasteiger partial charge is 0.441 e. The van der Waals surface area contributed by atoms with E-state index in [-0.39, 0.29) is 24.1 Å². The summed E-state index contributed by atoms with van der Waals surface area (Å²) in [7, 11) is 1.47. The molecule has 19 heavy (non-hydrogen) atoms. The molecular formula is C12H15F3O3S. The third kappa shape index (κ3) is 5.61. The standard InChI is InChI=1S/C12H15F3O3S/c1-8(16)10-4-3-9(17-2)7-11(10)18-5-6-19-12(13,14)15/h3-4,7-8,16H,5-6H2,1-2H3/t8-/m1/s1. The van der Waals surface area contributed by atoms with Gasteiger partial charge in [0.05, 0.1) is 19.8 Å². The van der Waals surface area contributed by atoms with Gasteiger partial charge in [0.2, 0.25) is 0 Å². The first-order chi connectivity index (χ1) is 8.83. The second-order valence-electron chi connectivity index (χ2n) is 3.72. The number of aliphatic hydroxyl groups excluding tert-OH is 1. The van der Waals surface area contributed by atoms with Crippen molar-refractivity contribution >= 4 is 11.8 Å². The molecule has 0 amide bonds. The summed E-state index contributed by atoms with van der Waals surface area (Å²) in [5.74, 6) is 0.639. The van der Waals surface area contributed by atoms with Gasteiger partial charge in [-0.15, -0.1) is 0 Å². The van der Waals surface area contributed by atoms with E-state index in [2.05, 4.69) is 0 Å². The highest BCUT2D eigenvalue weighted by Crippen LogP contribution is 2.32. The molecule has 0 saturated carbocycles. The van der Waals surface area contributed by atoms with Crippen molar-refractivity contribution in [2.75, 3.05) is 19.5 Å². The van der Waals surface area contributed by atoms with Crippen molar-refractivity contribution in [1.82, 2.24) is 0 Å². The molecule has 1 aromatic rings. The van der Waals surface area contributed by atoms with Crippen LogP contribution < -0.4 is 9.47 Å². The zero-order valence-corrected chi connectivity index (χ0v) is 11.3. The molecule has 0 aliphatic heterocycles. The summed E-state index contributed by atoms with van der Waals surface area (Å²) in [6.07, 6.45) is -0.767. The minimum absolute atomic E-state index is 0.100. The van der Waals surface area contributed by atoms with Crippen molar-refractivity contribution < 1.29 is 27.8 Å². The van der Waals surface area contributed by atoms with Gasteiger partial charge < -0.3 is 14.6 Å². The summed E-state index contributed by atoms with van der Waals surface area (Å²) in [6.45, 7) is 1.45. The Morgan fingerprint density at radius 2 is 2.05 bits per heavy atom. The molecule has 1 atom stereocenters. The molecule has 0 radical (unpaired) electrons.